The Morgan fingerprint density at radius 2 is 2.05 bits per heavy atom. The number of H-pyrrole nitrogens is 1. The van der Waals surface area contributed by atoms with Gasteiger partial charge in [0.1, 0.15) is 6.61 Å². The number of hydrogen-bond acceptors (Lipinski definition) is 3. The number of rotatable bonds is 4. The maximum atomic E-state index is 12.6. The second-order valence-electron chi connectivity index (χ2n) is 4.20. The Morgan fingerprint density at radius 1 is 1.29 bits per heavy atom. The van der Waals surface area contributed by atoms with Gasteiger partial charge in [-0.25, -0.2) is 4.79 Å². The molecule has 0 aliphatic carbocycles. The summed E-state index contributed by atoms with van der Waals surface area (Å²) in [5.74, 6) is -0.390. The summed E-state index contributed by atoms with van der Waals surface area (Å²) in [4.78, 5) is 14.1. The summed E-state index contributed by atoms with van der Waals surface area (Å²) in [6, 6.07) is 6.31. The van der Waals surface area contributed by atoms with Crippen molar-refractivity contribution in [2.45, 2.75) is 12.8 Å². The van der Waals surface area contributed by atoms with Gasteiger partial charge < -0.3 is 14.5 Å². The lowest BCUT2D eigenvalue weighted by Crippen LogP contribution is -2.07. The van der Waals surface area contributed by atoms with Crippen molar-refractivity contribution in [1.29, 1.82) is 0 Å². The number of nitrogens with one attached hydrogen (secondary N) is 1. The molecule has 1 N–H and O–H groups in total. The third-order valence-electron chi connectivity index (χ3n) is 2.75. The number of benzene rings is 1. The predicted octanol–water partition coefficient (Wildman–Crippen LogP) is 3.40. The zero-order valence-electron chi connectivity index (χ0n) is 11.0. The van der Waals surface area contributed by atoms with Crippen LogP contribution in [0.3, 0.4) is 0 Å². The average Bonchev–Trinajstić information content (AvgIpc) is 2.92. The van der Waals surface area contributed by atoms with E-state index in [0.717, 1.165) is 12.1 Å². The minimum absolute atomic E-state index is 0.0915. The normalized spacial score (nSPS) is 11.2. The van der Waals surface area contributed by atoms with Gasteiger partial charge in [-0.05, 0) is 23.8 Å². The number of carbonyl (C=O) groups excluding carboxylic acids is 1. The van der Waals surface area contributed by atoms with Crippen molar-refractivity contribution in [1.82, 2.24) is 4.98 Å². The number of carbonyl (C=O) groups is 1. The van der Waals surface area contributed by atoms with Gasteiger partial charge in [0, 0.05) is 6.20 Å². The van der Waals surface area contributed by atoms with E-state index in [1.807, 2.05) is 0 Å². The first-order valence-corrected chi connectivity index (χ1v) is 5.96. The lowest BCUT2D eigenvalue weighted by molar-refractivity contribution is -0.137. The van der Waals surface area contributed by atoms with E-state index in [9.17, 15) is 18.0 Å². The molecular formula is C14H12F3NO3. The van der Waals surface area contributed by atoms with Crippen LogP contribution in [0.5, 0.6) is 5.75 Å². The monoisotopic (exact) mass is 299 g/mol. The number of methoxy groups -OCH3 is 1. The molecule has 112 valence electrons. The topological polar surface area (TPSA) is 51.3 Å². The van der Waals surface area contributed by atoms with E-state index >= 15 is 0 Å². The molecule has 7 heteroatoms. The third-order valence-corrected chi connectivity index (χ3v) is 2.75. The molecule has 0 fully saturated rings. The number of ether oxygens (including phenoxy) is 2. The number of hydrogen-bond donors (Lipinski definition) is 1. The molecule has 1 heterocycles. The van der Waals surface area contributed by atoms with Crippen LogP contribution in [-0.4, -0.2) is 18.1 Å². The van der Waals surface area contributed by atoms with Gasteiger partial charge in [0.15, 0.2) is 11.4 Å². The molecule has 0 aliphatic heterocycles. The fraction of sp³-hybridized carbons (Fsp3) is 0.214. The van der Waals surface area contributed by atoms with Gasteiger partial charge in [-0.3, -0.25) is 0 Å². The lowest BCUT2D eigenvalue weighted by Gasteiger charge is -2.10. The van der Waals surface area contributed by atoms with Gasteiger partial charge in [0.2, 0.25) is 0 Å². The number of halogens is 3. The molecule has 0 unspecified atom stereocenters. The van der Waals surface area contributed by atoms with Crippen LogP contribution in [0.15, 0.2) is 36.5 Å². The highest BCUT2D eigenvalue weighted by Crippen LogP contribution is 2.30. The second-order valence-corrected chi connectivity index (χ2v) is 4.20. The number of aromatic nitrogens is 1. The minimum Gasteiger partial charge on any atom is -0.486 e. The van der Waals surface area contributed by atoms with Gasteiger partial charge in [0.25, 0.3) is 0 Å². The van der Waals surface area contributed by atoms with E-state index in [1.54, 1.807) is 0 Å². The molecule has 0 bridgehead atoms. The van der Waals surface area contributed by atoms with Crippen LogP contribution in [0.2, 0.25) is 0 Å². The minimum atomic E-state index is -4.40. The van der Waals surface area contributed by atoms with E-state index in [-0.39, 0.29) is 18.1 Å². The van der Waals surface area contributed by atoms with Crippen molar-refractivity contribution in [2.75, 3.05) is 7.11 Å². The maximum absolute atomic E-state index is 12.6. The van der Waals surface area contributed by atoms with Crippen molar-refractivity contribution < 1.29 is 27.4 Å². The first-order valence-electron chi connectivity index (χ1n) is 5.96. The molecule has 1 aromatic carbocycles. The number of alkyl halides is 3. The Balaban J connectivity index is 2.11. The van der Waals surface area contributed by atoms with Crippen LogP contribution in [0.25, 0.3) is 0 Å². The first kappa shape index (κ1) is 15.0. The Labute approximate surface area is 118 Å². The molecule has 0 radical (unpaired) electrons. The Bertz CT molecular complexity index is 634. The maximum Gasteiger partial charge on any atom is 0.416 e. The van der Waals surface area contributed by atoms with Crippen molar-refractivity contribution in [3.63, 3.8) is 0 Å². The van der Waals surface area contributed by atoms with Crippen LogP contribution >= 0.6 is 0 Å². The highest BCUT2D eigenvalue weighted by Gasteiger charge is 2.30. The molecule has 2 rings (SSSR count). The van der Waals surface area contributed by atoms with Crippen molar-refractivity contribution >= 4 is 5.97 Å². The standard InChI is InChI=1S/C14H12F3NO3/c1-20-13(19)12-11(5-6-18-12)21-8-9-3-2-4-10(7-9)14(15,16)17/h2-7,18H,8H2,1H3. The zero-order chi connectivity index (χ0) is 15.5. The van der Waals surface area contributed by atoms with E-state index < -0.39 is 17.7 Å². The summed E-state index contributed by atoms with van der Waals surface area (Å²) in [6.45, 7) is -0.0915. The summed E-state index contributed by atoms with van der Waals surface area (Å²) in [6.07, 6.45) is -2.92. The Kier molecular flexibility index (Phi) is 4.21. The molecule has 0 aliphatic rings. The molecule has 0 saturated carbocycles. The predicted molar refractivity (Wildman–Crippen MR) is 67.9 cm³/mol. The smallest absolute Gasteiger partial charge is 0.416 e. The highest BCUT2D eigenvalue weighted by molar-refractivity contribution is 5.90. The molecule has 1 aromatic heterocycles. The lowest BCUT2D eigenvalue weighted by atomic mass is 10.1. The molecule has 4 nitrogen and oxygen atoms in total. The van der Waals surface area contributed by atoms with E-state index in [1.165, 1.54) is 31.5 Å². The quantitative estimate of drug-likeness (QED) is 0.880. The number of esters is 1. The SMILES string of the molecule is COC(=O)c1[nH]ccc1OCc1cccc(C(F)(F)F)c1. The van der Waals surface area contributed by atoms with E-state index in [2.05, 4.69) is 9.72 Å². The van der Waals surface area contributed by atoms with Crippen molar-refractivity contribution in [3.05, 3.63) is 53.3 Å². The fourth-order valence-corrected chi connectivity index (χ4v) is 1.74. The van der Waals surface area contributed by atoms with Crippen molar-refractivity contribution in [3.8, 4) is 5.75 Å². The third kappa shape index (κ3) is 3.56. The van der Waals surface area contributed by atoms with Crippen LogP contribution < -0.4 is 4.74 Å². The van der Waals surface area contributed by atoms with Gasteiger partial charge >= 0.3 is 12.1 Å². The van der Waals surface area contributed by atoms with E-state index in [4.69, 9.17) is 4.74 Å². The first-order chi connectivity index (χ1) is 9.91. The Morgan fingerprint density at radius 3 is 2.71 bits per heavy atom. The summed E-state index contributed by atoms with van der Waals surface area (Å²) in [7, 11) is 1.22. The molecule has 0 atom stereocenters. The van der Waals surface area contributed by atoms with Gasteiger partial charge in [0.05, 0.1) is 12.7 Å². The number of aromatic amines is 1. The van der Waals surface area contributed by atoms with Gasteiger partial charge in [-0.2, -0.15) is 13.2 Å². The highest BCUT2D eigenvalue weighted by atomic mass is 19.4. The second kappa shape index (κ2) is 5.90. The van der Waals surface area contributed by atoms with E-state index in [0.29, 0.717) is 5.56 Å². The summed E-state index contributed by atoms with van der Waals surface area (Å²) >= 11 is 0. The van der Waals surface area contributed by atoms with Crippen molar-refractivity contribution in [2.24, 2.45) is 0 Å². The summed E-state index contributed by atoms with van der Waals surface area (Å²) in [5, 5.41) is 0. The molecule has 0 amide bonds. The van der Waals surface area contributed by atoms with Crippen LogP contribution in [0.1, 0.15) is 21.6 Å². The van der Waals surface area contributed by atoms with Gasteiger partial charge in [-0.1, -0.05) is 12.1 Å². The van der Waals surface area contributed by atoms with Crippen LogP contribution in [0.4, 0.5) is 13.2 Å². The largest absolute Gasteiger partial charge is 0.486 e. The van der Waals surface area contributed by atoms with Gasteiger partial charge in [-0.15, -0.1) is 0 Å². The zero-order valence-corrected chi connectivity index (χ0v) is 11.0. The fourth-order valence-electron chi connectivity index (χ4n) is 1.74. The molecule has 0 spiro atoms. The molecular weight excluding hydrogens is 287 g/mol. The average molecular weight is 299 g/mol. The van der Waals surface area contributed by atoms with Crippen LogP contribution in [-0.2, 0) is 17.5 Å². The van der Waals surface area contributed by atoms with Crippen LogP contribution in [0, 0.1) is 0 Å². The Hall–Kier alpha value is -2.44. The molecule has 0 saturated heterocycles. The summed E-state index contributed by atoms with van der Waals surface area (Å²) < 4.78 is 47.7. The summed E-state index contributed by atoms with van der Waals surface area (Å²) in [5.41, 5.74) is -0.280. The molecule has 21 heavy (non-hydrogen) atoms. The molecule has 2 aromatic rings.